The second-order valence-electron chi connectivity index (χ2n) is 12.1. The predicted octanol–water partition coefficient (Wildman–Crippen LogP) is 10.8. The monoisotopic (exact) mass is 792 g/mol. The van der Waals surface area contributed by atoms with Crippen LogP contribution in [0.5, 0.6) is 0 Å². The van der Waals surface area contributed by atoms with Gasteiger partial charge in [0.25, 0.3) is 0 Å². The number of benzene rings is 1. The molecule has 0 saturated carbocycles. The number of hydrogen-bond donors (Lipinski definition) is 1. The number of ketones is 1. The Labute approximate surface area is 282 Å². The van der Waals surface area contributed by atoms with Crippen molar-refractivity contribution < 1.29 is 37.2 Å². The first-order valence-electron chi connectivity index (χ1n) is 16.3. The molecule has 0 saturated heterocycles. The van der Waals surface area contributed by atoms with Crippen molar-refractivity contribution in [2.24, 2.45) is 17.3 Å². The van der Waals surface area contributed by atoms with Crippen molar-refractivity contribution >= 4 is 49.3 Å². The molecule has 5 nitrogen and oxygen atoms in total. The van der Waals surface area contributed by atoms with Gasteiger partial charge in [-0.25, -0.2) is 4.98 Å². The summed E-state index contributed by atoms with van der Waals surface area (Å²) in [6.45, 7) is 15.8. The van der Waals surface area contributed by atoms with Gasteiger partial charge in [0, 0.05) is 68.4 Å². The van der Waals surface area contributed by atoms with Crippen LogP contribution in [0.4, 0.5) is 0 Å². The molecule has 5 rings (SSSR count). The molecule has 0 aliphatic rings. The second kappa shape index (κ2) is 15.4. The standard InChI is InChI=1S/C24H21N2OS.C13H24O2.Ir/c1-14-8-9-18-17-6-5-7-19(21(17)27-23(18)26-14)20-22-16(10-11-25-20)15(13-28-22)12-24(2,3)4;1-5-10(6-2)12(14)9-13(15)11(7-3)8-4;/h5-6,8-11,13H,12H2,1-4H3;9-11,14H,5-8H2,1-4H3;/q-1;;/b;12-9-;/i12D2;;. The van der Waals surface area contributed by atoms with E-state index in [2.05, 4.69) is 16.0 Å². The molecule has 0 unspecified atom stereocenters. The number of hydrogen-bond acceptors (Lipinski definition) is 6. The fourth-order valence-corrected chi connectivity index (χ4v) is 6.30. The van der Waals surface area contributed by atoms with Gasteiger partial charge in [-0.05, 0) is 78.9 Å². The van der Waals surface area contributed by atoms with E-state index in [-0.39, 0.29) is 43.5 Å². The van der Waals surface area contributed by atoms with Crippen LogP contribution in [-0.2, 0) is 31.3 Å². The van der Waals surface area contributed by atoms with Crippen LogP contribution >= 0.6 is 11.3 Å². The minimum Gasteiger partial charge on any atom is -0.512 e. The molecule has 1 N–H and O–H groups in total. The average Bonchev–Trinajstić information content (AvgIpc) is 3.60. The number of pyridine rings is 2. The predicted molar refractivity (Wildman–Crippen MR) is 181 cm³/mol. The number of rotatable bonds is 9. The van der Waals surface area contributed by atoms with Crippen LogP contribution in [-0.4, -0.2) is 20.9 Å². The number of furan rings is 1. The summed E-state index contributed by atoms with van der Waals surface area (Å²) in [6.07, 6.45) is 5.17. The van der Waals surface area contributed by atoms with Gasteiger partial charge in [0.15, 0.2) is 5.78 Å². The van der Waals surface area contributed by atoms with Crippen LogP contribution < -0.4 is 0 Å². The number of allylic oxidation sites excluding steroid dienone is 2. The first kappa shape index (κ1) is 32.5. The van der Waals surface area contributed by atoms with Crippen LogP contribution in [0.25, 0.3) is 43.4 Å². The Bertz CT molecular complexity index is 1830. The van der Waals surface area contributed by atoms with E-state index < -0.39 is 11.8 Å². The summed E-state index contributed by atoms with van der Waals surface area (Å²) in [5.41, 5.74) is 3.92. The Hall–Kier alpha value is -2.86. The zero-order chi connectivity index (χ0) is 33.1. The number of aryl methyl sites for hydroxylation is 1. The third-order valence-electron chi connectivity index (χ3n) is 7.76. The van der Waals surface area contributed by atoms with E-state index in [1.807, 2.05) is 91.1 Å². The van der Waals surface area contributed by atoms with Crippen molar-refractivity contribution in [3.05, 3.63) is 71.1 Å². The van der Waals surface area contributed by atoms with Crippen LogP contribution in [0.15, 0.2) is 58.2 Å². The summed E-state index contributed by atoms with van der Waals surface area (Å²) in [6, 6.07) is 13.1. The molecule has 4 aromatic heterocycles. The SMILES string of the molecule is CCC(CC)C(=O)/C=C(\O)C(CC)CC.[2H]C([2H])(c1csc2c(-c3[c-]ccc4c3oc3nc(C)ccc34)nccc12)C(C)(C)C.[Ir]. The smallest absolute Gasteiger partial charge is 0.216 e. The van der Waals surface area contributed by atoms with E-state index in [9.17, 15) is 9.90 Å². The molecule has 237 valence electrons. The molecule has 5 aromatic rings. The number of fused-ring (bicyclic) bond motifs is 4. The fraction of sp³-hybridized carbons (Fsp3) is 0.432. The number of nitrogens with zero attached hydrogens (tertiary/aromatic N) is 2. The maximum Gasteiger partial charge on any atom is 0.216 e. The minimum atomic E-state index is -1.47. The molecular weight excluding hydrogens is 745 g/mol. The first-order valence-corrected chi connectivity index (χ1v) is 16.2. The largest absolute Gasteiger partial charge is 0.512 e. The van der Waals surface area contributed by atoms with Gasteiger partial charge in [0.05, 0.1) is 11.3 Å². The van der Waals surface area contributed by atoms with Crippen molar-refractivity contribution in [2.75, 3.05) is 0 Å². The fourth-order valence-electron chi connectivity index (χ4n) is 5.31. The van der Waals surface area contributed by atoms with Gasteiger partial charge in [0.2, 0.25) is 5.71 Å². The molecule has 7 heteroatoms. The molecule has 0 aliphatic carbocycles. The minimum absolute atomic E-state index is 0. The van der Waals surface area contributed by atoms with E-state index in [1.165, 1.54) is 17.4 Å². The number of aliphatic hydroxyl groups is 1. The summed E-state index contributed by atoms with van der Waals surface area (Å²) in [4.78, 5) is 20.9. The third-order valence-corrected chi connectivity index (χ3v) is 8.76. The zero-order valence-corrected chi connectivity index (χ0v) is 30.2. The van der Waals surface area contributed by atoms with Crippen molar-refractivity contribution in [1.29, 1.82) is 0 Å². The quantitative estimate of drug-likeness (QED) is 0.0914. The summed E-state index contributed by atoms with van der Waals surface area (Å²) < 4.78 is 24.6. The topological polar surface area (TPSA) is 76.2 Å². The molecular formula is C37H45IrN2O3S-. The Kier molecular flexibility index (Phi) is 11.4. The Balaban J connectivity index is 0.000000309. The van der Waals surface area contributed by atoms with Gasteiger partial charge in [-0.1, -0.05) is 59.4 Å². The average molecular weight is 792 g/mol. The van der Waals surface area contributed by atoms with Gasteiger partial charge in [-0.3, -0.25) is 4.79 Å². The number of carbonyl (C=O) groups is 1. The van der Waals surface area contributed by atoms with Gasteiger partial charge >= 0.3 is 0 Å². The summed E-state index contributed by atoms with van der Waals surface area (Å²) in [7, 11) is 0. The third kappa shape index (κ3) is 8.04. The molecule has 0 amide bonds. The molecule has 1 aromatic carbocycles. The van der Waals surface area contributed by atoms with Gasteiger partial charge in [-0.15, -0.1) is 18.2 Å². The van der Waals surface area contributed by atoms with Gasteiger partial charge in [0.1, 0.15) is 0 Å². The van der Waals surface area contributed by atoms with Crippen molar-refractivity contribution in [3.63, 3.8) is 0 Å². The zero-order valence-electron chi connectivity index (χ0n) is 29.0. The Morgan fingerprint density at radius 1 is 1.05 bits per heavy atom. The van der Waals surface area contributed by atoms with Crippen LogP contribution in [0.1, 0.15) is 88.1 Å². The molecule has 1 radical (unpaired) electrons. The Morgan fingerprint density at radius 3 is 2.36 bits per heavy atom. The van der Waals surface area contributed by atoms with Crippen molar-refractivity contribution in [3.8, 4) is 11.3 Å². The Morgan fingerprint density at radius 2 is 1.73 bits per heavy atom. The summed E-state index contributed by atoms with van der Waals surface area (Å²) in [5.74, 6) is 0.547. The molecule has 0 spiro atoms. The normalized spacial score (nSPS) is 13.2. The van der Waals surface area contributed by atoms with E-state index >= 15 is 0 Å². The molecule has 0 bridgehead atoms. The number of aliphatic hydroxyl groups excluding tert-OH is 1. The van der Waals surface area contributed by atoms with Crippen LogP contribution in [0.3, 0.4) is 0 Å². The molecule has 0 fully saturated rings. The van der Waals surface area contributed by atoms with E-state index in [4.69, 9.17) is 7.16 Å². The first-order chi connectivity index (χ1) is 21.3. The van der Waals surface area contributed by atoms with Crippen molar-refractivity contribution in [2.45, 2.75) is 87.4 Å². The molecule has 0 atom stereocenters. The molecule has 4 heterocycles. The van der Waals surface area contributed by atoms with E-state index in [1.54, 1.807) is 6.20 Å². The maximum atomic E-state index is 11.7. The van der Waals surface area contributed by atoms with Gasteiger partial charge < -0.3 is 14.5 Å². The van der Waals surface area contributed by atoms with Gasteiger partial charge in [-0.2, -0.15) is 11.3 Å². The number of aromatic nitrogens is 2. The van der Waals surface area contributed by atoms with E-state index in [0.29, 0.717) is 16.9 Å². The second-order valence-corrected chi connectivity index (χ2v) is 12.9. The summed E-state index contributed by atoms with van der Waals surface area (Å²) in [5, 5.41) is 14.5. The number of thiophene rings is 1. The van der Waals surface area contributed by atoms with Crippen molar-refractivity contribution in [1.82, 2.24) is 9.97 Å². The van der Waals surface area contributed by atoms with Crippen LogP contribution in [0, 0.1) is 30.2 Å². The number of carbonyl (C=O) groups excluding carboxylic acids is 1. The maximum absolute atomic E-state index is 11.7. The van der Waals surface area contributed by atoms with E-state index in [0.717, 1.165) is 63.5 Å². The molecule has 0 aliphatic heterocycles. The summed E-state index contributed by atoms with van der Waals surface area (Å²) >= 11 is 1.52. The molecule has 44 heavy (non-hydrogen) atoms. The van der Waals surface area contributed by atoms with Crippen LogP contribution in [0.2, 0.25) is 0 Å².